The van der Waals surface area contributed by atoms with Crippen molar-refractivity contribution in [1.29, 1.82) is 0 Å². The van der Waals surface area contributed by atoms with E-state index < -0.39 is 11.9 Å². The van der Waals surface area contributed by atoms with Crippen LogP contribution in [0.15, 0.2) is 54.6 Å². The lowest BCUT2D eigenvalue weighted by Crippen LogP contribution is -2.53. The highest BCUT2D eigenvalue weighted by atomic mass is 35.5. The largest absolute Gasteiger partial charge is 0.484 e. The van der Waals surface area contributed by atoms with Gasteiger partial charge in [0.05, 0.1) is 0 Å². The summed E-state index contributed by atoms with van der Waals surface area (Å²) in [4.78, 5) is 28.3. The molecule has 1 saturated heterocycles. The van der Waals surface area contributed by atoms with Gasteiger partial charge in [-0.05, 0) is 29.8 Å². The molecule has 0 aliphatic carbocycles. The van der Waals surface area contributed by atoms with Crippen molar-refractivity contribution in [2.24, 2.45) is 0 Å². The first kappa shape index (κ1) is 20.1. The van der Waals surface area contributed by atoms with E-state index in [0.29, 0.717) is 37.0 Å². The molecule has 3 rings (SSSR count). The maximum Gasteiger partial charge on any atom is 0.265 e. The molecule has 1 aliphatic heterocycles. The number of nitrogens with one attached hydrogen (secondary N) is 1. The molecule has 0 spiro atoms. The van der Waals surface area contributed by atoms with Crippen LogP contribution in [0.3, 0.4) is 0 Å². The molecule has 2 aromatic carbocycles. The number of hydroxylamine groups is 1. The van der Waals surface area contributed by atoms with E-state index in [1.54, 1.807) is 34.6 Å². The number of nitrogens with zero attached hydrogens (tertiary/aromatic N) is 2. The normalized spacial score (nSPS) is 15.7. The summed E-state index contributed by atoms with van der Waals surface area (Å²) in [7, 11) is 0. The summed E-state index contributed by atoms with van der Waals surface area (Å²) < 4.78 is 5.51. The van der Waals surface area contributed by atoms with E-state index in [4.69, 9.17) is 21.5 Å². The van der Waals surface area contributed by atoms with Crippen LogP contribution in [-0.4, -0.2) is 59.6 Å². The molecule has 28 heavy (non-hydrogen) atoms. The van der Waals surface area contributed by atoms with Crippen LogP contribution in [-0.2, 0) is 9.59 Å². The number of hydrogen-bond donors (Lipinski definition) is 2. The Morgan fingerprint density at radius 3 is 2.29 bits per heavy atom. The van der Waals surface area contributed by atoms with Crippen LogP contribution >= 0.6 is 11.6 Å². The highest BCUT2D eigenvalue weighted by Crippen LogP contribution is 2.22. The fourth-order valence-electron chi connectivity index (χ4n) is 3.22. The van der Waals surface area contributed by atoms with Gasteiger partial charge in [-0.3, -0.25) is 19.7 Å². The van der Waals surface area contributed by atoms with Crippen LogP contribution in [0.1, 0.15) is 11.6 Å². The van der Waals surface area contributed by atoms with Crippen molar-refractivity contribution in [3.8, 4) is 5.75 Å². The Kier molecular flexibility index (Phi) is 6.86. The minimum atomic E-state index is -0.603. The van der Waals surface area contributed by atoms with Crippen LogP contribution < -0.4 is 10.2 Å². The molecular formula is C20H22ClN3O4. The average molecular weight is 404 g/mol. The Hall–Kier alpha value is -2.61. The Morgan fingerprint density at radius 2 is 1.68 bits per heavy atom. The zero-order chi connectivity index (χ0) is 19.9. The standard InChI is InChI=1S/C20H22ClN3O4/c21-16-6-8-17(9-7-16)28-14-18(25)23-10-12-24(13-11-23)19(20(26)22-27)15-4-2-1-3-5-15/h1-9,19,27H,10-14H2,(H,22,26). The van der Waals surface area contributed by atoms with Crippen molar-refractivity contribution >= 4 is 23.4 Å². The Morgan fingerprint density at radius 1 is 1.04 bits per heavy atom. The molecule has 0 saturated carbocycles. The number of amides is 2. The van der Waals surface area contributed by atoms with E-state index in [1.165, 1.54) is 0 Å². The second-order valence-electron chi connectivity index (χ2n) is 6.45. The molecule has 1 unspecified atom stereocenters. The van der Waals surface area contributed by atoms with Gasteiger partial charge in [0.2, 0.25) is 0 Å². The third-order valence-corrected chi connectivity index (χ3v) is 4.93. The molecule has 2 amide bonds. The number of ether oxygens (including phenoxy) is 1. The van der Waals surface area contributed by atoms with Crippen LogP contribution in [0.5, 0.6) is 5.75 Å². The fraction of sp³-hybridized carbons (Fsp3) is 0.300. The molecule has 7 nitrogen and oxygen atoms in total. The lowest BCUT2D eigenvalue weighted by atomic mass is 10.0. The number of hydrogen-bond acceptors (Lipinski definition) is 5. The summed E-state index contributed by atoms with van der Waals surface area (Å²) in [6.45, 7) is 1.93. The van der Waals surface area contributed by atoms with Crippen molar-refractivity contribution in [3.63, 3.8) is 0 Å². The van der Waals surface area contributed by atoms with E-state index in [1.807, 2.05) is 35.2 Å². The Balaban J connectivity index is 1.55. The number of carbonyl (C=O) groups excluding carboxylic acids is 2. The van der Waals surface area contributed by atoms with Gasteiger partial charge in [-0.25, -0.2) is 5.48 Å². The first-order chi connectivity index (χ1) is 13.6. The molecule has 8 heteroatoms. The number of rotatable bonds is 6. The maximum atomic E-state index is 12.4. The molecule has 1 heterocycles. The summed E-state index contributed by atoms with van der Waals surface area (Å²) in [5.74, 6) is -0.0188. The van der Waals surface area contributed by atoms with Crippen LogP contribution in [0.25, 0.3) is 0 Å². The van der Waals surface area contributed by atoms with Gasteiger partial charge in [-0.2, -0.15) is 0 Å². The first-order valence-electron chi connectivity index (χ1n) is 8.97. The summed E-state index contributed by atoms with van der Waals surface area (Å²) in [6.07, 6.45) is 0. The lowest BCUT2D eigenvalue weighted by Gasteiger charge is -2.38. The van der Waals surface area contributed by atoms with Gasteiger partial charge in [0.25, 0.3) is 11.8 Å². The van der Waals surface area contributed by atoms with Crippen molar-refractivity contribution in [2.45, 2.75) is 6.04 Å². The van der Waals surface area contributed by atoms with Crippen LogP contribution in [0.4, 0.5) is 0 Å². The Bertz CT molecular complexity index is 793. The molecule has 148 valence electrons. The third kappa shape index (κ3) is 5.01. The van der Waals surface area contributed by atoms with E-state index >= 15 is 0 Å². The van der Waals surface area contributed by atoms with Gasteiger partial charge in [0.1, 0.15) is 11.8 Å². The highest BCUT2D eigenvalue weighted by molar-refractivity contribution is 6.30. The van der Waals surface area contributed by atoms with Gasteiger partial charge in [0, 0.05) is 31.2 Å². The summed E-state index contributed by atoms with van der Waals surface area (Å²) in [5.41, 5.74) is 2.54. The van der Waals surface area contributed by atoms with Crippen molar-refractivity contribution in [1.82, 2.24) is 15.3 Å². The van der Waals surface area contributed by atoms with Gasteiger partial charge in [0.15, 0.2) is 6.61 Å². The molecule has 0 aromatic heterocycles. The van der Waals surface area contributed by atoms with Gasteiger partial charge in [-0.15, -0.1) is 0 Å². The molecule has 2 N–H and O–H groups in total. The van der Waals surface area contributed by atoms with Gasteiger partial charge >= 0.3 is 0 Å². The Labute approximate surface area is 168 Å². The monoisotopic (exact) mass is 403 g/mol. The summed E-state index contributed by atoms with van der Waals surface area (Å²) >= 11 is 5.83. The van der Waals surface area contributed by atoms with Crippen molar-refractivity contribution < 1.29 is 19.5 Å². The van der Waals surface area contributed by atoms with Crippen molar-refractivity contribution in [2.75, 3.05) is 32.8 Å². The van der Waals surface area contributed by atoms with E-state index in [-0.39, 0.29) is 12.5 Å². The number of carbonyl (C=O) groups is 2. The SMILES string of the molecule is O=C(NO)C(c1ccccc1)N1CCN(C(=O)COc2ccc(Cl)cc2)CC1. The predicted octanol–water partition coefficient (Wildman–Crippen LogP) is 2.11. The smallest absolute Gasteiger partial charge is 0.265 e. The minimum Gasteiger partial charge on any atom is -0.484 e. The van der Waals surface area contributed by atoms with Gasteiger partial charge in [-0.1, -0.05) is 41.9 Å². The quantitative estimate of drug-likeness (QED) is 0.570. The zero-order valence-corrected chi connectivity index (χ0v) is 16.0. The molecule has 1 aliphatic rings. The van der Waals surface area contributed by atoms with E-state index in [0.717, 1.165) is 5.56 Å². The molecule has 1 fully saturated rings. The van der Waals surface area contributed by atoms with Crippen LogP contribution in [0.2, 0.25) is 5.02 Å². The van der Waals surface area contributed by atoms with Crippen molar-refractivity contribution in [3.05, 3.63) is 65.2 Å². The van der Waals surface area contributed by atoms with Crippen LogP contribution in [0, 0.1) is 0 Å². The third-order valence-electron chi connectivity index (χ3n) is 4.68. The summed E-state index contributed by atoms with van der Waals surface area (Å²) in [5, 5.41) is 9.72. The molecule has 1 atom stereocenters. The second kappa shape index (κ2) is 9.54. The zero-order valence-electron chi connectivity index (χ0n) is 15.3. The van der Waals surface area contributed by atoms with E-state index in [9.17, 15) is 9.59 Å². The topological polar surface area (TPSA) is 82.1 Å². The van der Waals surface area contributed by atoms with E-state index in [2.05, 4.69) is 0 Å². The summed E-state index contributed by atoms with van der Waals surface area (Å²) in [6, 6.07) is 15.5. The number of piperazine rings is 1. The van der Waals surface area contributed by atoms with Gasteiger partial charge < -0.3 is 9.64 Å². The predicted molar refractivity (Wildman–Crippen MR) is 104 cm³/mol. The first-order valence-corrected chi connectivity index (χ1v) is 9.35. The average Bonchev–Trinajstić information content (AvgIpc) is 2.74. The number of halogens is 1. The minimum absolute atomic E-state index is 0.0547. The highest BCUT2D eigenvalue weighted by Gasteiger charge is 2.31. The second-order valence-corrected chi connectivity index (χ2v) is 6.89. The molecule has 0 radical (unpaired) electrons. The molecule has 2 aromatic rings. The lowest BCUT2D eigenvalue weighted by molar-refractivity contribution is -0.139. The molecular weight excluding hydrogens is 382 g/mol. The number of benzene rings is 2. The maximum absolute atomic E-state index is 12.4. The molecule has 0 bridgehead atoms. The fourth-order valence-corrected chi connectivity index (χ4v) is 3.35.